The van der Waals surface area contributed by atoms with Crippen molar-refractivity contribution in [1.29, 1.82) is 0 Å². The van der Waals surface area contributed by atoms with E-state index < -0.39 is 0 Å². The minimum absolute atomic E-state index is 1.10. The van der Waals surface area contributed by atoms with Crippen LogP contribution in [-0.2, 0) is 4.79 Å². The molecule has 3 aromatic rings. The van der Waals surface area contributed by atoms with Gasteiger partial charge in [-0.25, -0.2) is 0 Å². The predicted octanol–water partition coefficient (Wildman–Crippen LogP) is 5.60. The summed E-state index contributed by atoms with van der Waals surface area (Å²) in [5.74, 6) is 0. The number of halogens is 1. The van der Waals surface area contributed by atoms with E-state index in [0.29, 0.717) is 0 Å². The molecule has 0 radical (unpaired) electrons. The smallest absolute Gasteiger partial charge is 0.106 e. The molecule has 0 saturated heterocycles. The van der Waals surface area contributed by atoms with E-state index in [1.165, 1.54) is 22.3 Å². The fourth-order valence-electron chi connectivity index (χ4n) is 2.26. The van der Waals surface area contributed by atoms with Gasteiger partial charge in [0.2, 0.25) is 0 Å². The molecule has 0 bridgehead atoms. The second-order valence-electron chi connectivity index (χ2n) is 4.42. The lowest BCUT2D eigenvalue weighted by Gasteiger charge is -2.10. The molecule has 0 spiro atoms. The Labute approximate surface area is 133 Å². The van der Waals surface area contributed by atoms with Gasteiger partial charge >= 0.3 is 0 Å². The molecule has 0 aliphatic carbocycles. The van der Waals surface area contributed by atoms with Gasteiger partial charge in [-0.2, -0.15) is 0 Å². The van der Waals surface area contributed by atoms with Crippen LogP contribution in [0.3, 0.4) is 0 Å². The molecule has 104 valence electrons. The third-order valence-corrected chi connectivity index (χ3v) is 3.64. The molecular formula is C19H15BrO. The quantitative estimate of drug-likeness (QED) is 0.594. The first-order valence-electron chi connectivity index (χ1n) is 6.54. The SMILES string of the molecule is Brc1cccc(-c2ccccc2-c2ccccc2)c1.C=O. The zero-order valence-corrected chi connectivity index (χ0v) is 13.1. The maximum absolute atomic E-state index is 8.00. The molecule has 2 heteroatoms. The average Bonchev–Trinajstić information content (AvgIpc) is 2.57. The Morgan fingerprint density at radius 2 is 1.14 bits per heavy atom. The standard InChI is InChI=1S/C18H13Br.CH2O/c19-16-10-6-9-15(13-16)18-12-5-4-11-17(18)14-7-2-1-3-8-14;1-2/h1-13H;1H2. The summed E-state index contributed by atoms with van der Waals surface area (Å²) in [6.45, 7) is 2.00. The summed E-state index contributed by atoms with van der Waals surface area (Å²) in [5.41, 5.74) is 5.00. The third kappa shape index (κ3) is 3.67. The van der Waals surface area contributed by atoms with Crippen LogP contribution < -0.4 is 0 Å². The number of benzene rings is 3. The van der Waals surface area contributed by atoms with Crippen molar-refractivity contribution in [3.63, 3.8) is 0 Å². The molecule has 3 rings (SSSR count). The van der Waals surface area contributed by atoms with Crippen LogP contribution in [0.1, 0.15) is 0 Å². The number of carbonyl (C=O) groups is 1. The summed E-state index contributed by atoms with van der Waals surface area (Å²) in [4.78, 5) is 8.00. The lowest BCUT2D eigenvalue weighted by molar-refractivity contribution is -0.0979. The first-order chi connectivity index (χ1) is 10.3. The first kappa shape index (κ1) is 15.2. The molecule has 0 amide bonds. The van der Waals surface area contributed by atoms with Crippen molar-refractivity contribution in [2.45, 2.75) is 0 Å². The maximum Gasteiger partial charge on any atom is 0.106 e. The van der Waals surface area contributed by atoms with Gasteiger partial charge in [0.1, 0.15) is 6.79 Å². The normalized spacial score (nSPS) is 9.57. The van der Waals surface area contributed by atoms with Gasteiger partial charge in [-0.1, -0.05) is 82.7 Å². The van der Waals surface area contributed by atoms with Gasteiger partial charge < -0.3 is 4.79 Å². The van der Waals surface area contributed by atoms with Crippen LogP contribution in [-0.4, -0.2) is 6.79 Å². The second kappa shape index (κ2) is 7.55. The van der Waals surface area contributed by atoms with Gasteiger partial charge in [-0.3, -0.25) is 0 Å². The van der Waals surface area contributed by atoms with Gasteiger partial charge in [0.15, 0.2) is 0 Å². The van der Waals surface area contributed by atoms with E-state index in [2.05, 4.69) is 88.7 Å². The average molecular weight is 339 g/mol. The van der Waals surface area contributed by atoms with Crippen molar-refractivity contribution in [1.82, 2.24) is 0 Å². The molecule has 1 nitrogen and oxygen atoms in total. The van der Waals surface area contributed by atoms with Gasteiger partial charge in [-0.05, 0) is 34.4 Å². The van der Waals surface area contributed by atoms with E-state index in [1.807, 2.05) is 12.9 Å². The molecule has 0 aromatic heterocycles. The van der Waals surface area contributed by atoms with Crippen molar-refractivity contribution >= 4 is 22.7 Å². The Balaban J connectivity index is 0.000000774. The molecule has 0 unspecified atom stereocenters. The molecule has 0 aliphatic heterocycles. The number of rotatable bonds is 2. The van der Waals surface area contributed by atoms with Crippen molar-refractivity contribution in [3.05, 3.63) is 83.3 Å². The van der Waals surface area contributed by atoms with E-state index >= 15 is 0 Å². The molecule has 0 saturated carbocycles. The van der Waals surface area contributed by atoms with Crippen molar-refractivity contribution in [2.75, 3.05) is 0 Å². The molecule has 21 heavy (non-hydrogen) atoms. The summed E-state index contributed by atoms with van der Waals surface area (Å²) < 4.78 is 1.10. The Bertz CT molecular complexity index is 708. The van der Waals surface area contributed by atoms with E-state index in [9.17, 15) is 0 Å². The van der Waals surface area contributed by atoms with Crippen LogP contribution in [0.4, 0.5) is 0 Å². The van der Waals surface area contributed by atoms with Crippen molar-refractivity contribution < 1.29 is 4.79 Å². The van der Waals surface area contributed by atoms with Gasteiger partial charge in [0, 0.05) is 4.47 Å². The number of hydrogen-bond donors (Lipinski definition) is 0. The number of hydrogen-bond acceptors (Lipinski definition) is 1. The highest BCUT2D eigenvalue weighted by Gasteiger charge is 2.06. The minimum Gasteiger partial charge on any atom is -0.307 e. The largest absolute Gasteiger partial charge is 0.307 e. The van der Waals surface area contributed by atoms with E-state index in [1.54, 1.807) is 0 Å². The monoisotopic (exact) mass is 338 g/mol. The van der Waals surface area contributed by atoms with Gasteiger partial charge in [0.25, 0.3) is 0 Å². The fraction of sp³-hybridized carbons (Fsp3) is 0. The van der Waals surface area contributed by atoms with Crippen LogP contribution in [0.5, 0.6) is 0 Å². The number of carbonyl (C=O) groups excluding carboxylic acids is 1. The van der Waals surface area contributed by atoms with E-state index in [0.717, 1.165) is 4.47 Å². The zero-order chi connectivity index (χ0) is 15.1. The molecule has 3 aromatic carbocycles. The highest BCUT2D eigenvalue weighted by Crippen LogP contribution is 2.32. The molecule has 0 heterocycles. The van der Waals surface area contributed by atoms with Crippen LogP contribution in [0, 0.1) is 0 Å². The van der Waals surface area contributed by atoms with E-state index in [4.69, 9.17) is 4.79 Å². The lowest BCUT2D eigenvalue weighted by atomic mass is 9.95. The third-order valence-electron chi connectivity index (χ3n) is 3.15. The van der Waals surface area contributed by atoms with Gasteiger partial charge in [0.05, 0.1) is 0 Å². The topological polar surface area (TPSA) is 17.1 Å². The summed E-state index contributed by atoms with van der Waals surface area (Å²) in [6, 6.07) is 27.4. The Morgan fingerprint density at radius 3 is 1.76 bits per heavy atom. The minimum atomic E-state index is 1.10. The molecular weight excluding hydrogens is 324 g/mol. The van der Waals surface area contributed by atoms with Crippen LogP contribution in [0.15, 0.2) is 83.3 Å². The summed E-state index contributed by atoms with van der Waals surface area (Å²) >= 11 is 3.54. The van der Waals surface area contributed by atoms with Crippen LogP contribution in [0.25, 0.3) is 22.3 Å². The first-order valence-corrected chi connectivity index (χ1v) is 7.33. The Morgan fingerprint density at radius 1 is 0.619 bits per heavy atom. The Hall–Kier alpha value is -2.19. The molecule has 0 N–H and O–H groups in total. The predicted molar refractivity (Wildman–Crippen MR) is 92.1 cm³/mol. The summed E-state index contributed by atoms with van der Waals surface area (Å²) in [7, 11) is 0. The zero-order valence-electron chi connectivity index (χ0n) is 11.5. The van der Waals surface area contributed by atoms with Crippen LogP contribution >= 0.6 is 15.9 Å². The fourth-order valence-corrected chi connectivity index (χ4v) is 2.66. The summed E-state index contributed by atoms with van der Waals surface area (Å²) in [6.07, 6.45) is 0. The van der Waals surface area contributed by atoms with Crippen molar-refractivity contribution in [2.24, 2.45) is 0 Å². The van der Waals surface area contributed by atoms with Crippen molar-refractivity contribution in [3.8, 4) is 22.3 Å². The highest BCUT2D eigenvalue weighted by molar-refractivity contribution is 9.10. The van der Waals surface area contributed by atoms with Gasteiger partial charge in [-0.15, -0.1) is 0 Å². The lowest BCUT2D eigenvalue weighted by Crippen LogP contribution is -1.84. The Kier molecular flexibility index (Phi) is 5.47. The maximum atomic E-state index is 8.00. The molecule has 0 aliphatic rings. The summed E-state index contributed by atoms with van der Waals surface area (Å²) in [5, 5.41) is 0. The second-order valence-corrected chi connectivity index (χ2v) is 5.34. The highest BCUT2D eigenvalue weighted by atomic mass is 79.9. The van der Waals surface area contributed by atoms with Crippen LogP contribution in [0.2, 0.25) is 0 Å². The molecule has 0 atom stereocenters. The van der Waals surface area contributed by atoms with E-state index in [-0.39, 0.29) is 0 Å². The molecule has 0 fully saturated rings.